The van der Waals surface area contributed by atoms with Gasteiger partial charge in [0.1, 0.15) is 0 Å². The fourth-order valence-corrected chi connectivity index (χ4v) is 3.97. The molecule has 0 saturated carbocycles. The predicted molar refractivity (Wildman–Crippen MR) is 144 cm³/mol. The molecule has 0 spiro atoms. The number of benzene rings is 3. The average Bonchev–Trinajstić information content (AvgIpc) is 2.82. The Morgan fingerprint density at radius 2 is 1.23 bits per heavy atom. The van der Waals surface area contributed by atoms with Crippen molar-refractivity contribution in [1.29, 1.82) is 0 Å². The van der Waals surface area contributed by atoms with Crippen LogP contribution in [0.1, 0.15) is 22.3 Å². The van der Waals surface area contributed by atoms with E-state index < -0.39 is 0 Å². The number of hydrogen-bond donors (Lipinski definition) is 3. The quantitative estimate of drug-likeness (QED) is 0.252. The van der Waals surface area contributed by atoms with Crippen LogP contribution in [0.3, 0.4) is 0 Å². The third-order valence-corrected chi connectivity index (χ3v) is 6.07. The van der Waals surface area contributed by atoms with Crippen LogP contribution in [0.15, 0.2) is 71.9 Å². The minimum Gasteiger partial charge on any atom is -0.325 e. The van der Waals surface area contributed by atoms with Gasteiger partial charge in [-0.25, -0.2) is 0 Å². The van der Waals surface area contributed by atoms with Crippen molar-refractivity contribution in [3.05, 3.63) is 89.0 Å². The molecule has 7 nitrogen and oxygen atoms in total. The first-order valence-electron chi connectivity index (χ1n) is 11.3. The van der Waals surface area contributed by atoms with Crippen LogP contribution in [0, 0.1) is 27.7 Å². The number of amides is 1. The number of carbonyl (C=O) groups is 1. The molecule has 3 N–H and O–H groups in total. The Balaban J connectivity index is 1.51. The van der Waals surface area contributed by atoms with E-state index in [1.807, 2.05) is 94.4 Å². The number of carbonyl (C=O) groups excluding carboxylic acids is 1. The molecule has 0 aliphatic carbocycles. The van der Waals surface area contributed by atoms with Crippen molar-refractivity contribution in [1.82, 2.24) is 15.0 Å². The maximum Gasteiger partial charge on any atom is 0.234 e. The van der Waals surface area contributed by atoms with Crippen LogP contribution in [0.5, 0.6) is 0 Å². The summed E-state index contributed by atoms with van der Waals surface area (Å²) in [5.74, 6) is 0.848. The molecule has 8 heteroatoms. The number of nitrogens with one attached hydrogen (secondary N) is 3. The molecule has 0 bridgehead atoms. The molecule has 1 heterocycles. The second-order valence-electron chi connectivity index (χ2n) is 8.40. The van der Waals surface area contributed by atoms with E-state index in [9.17, 15) is 4.79 Å². The zero-order valence-corrected chi connectivity index (χ0v) is 21.0. The van der Waals surface area contributed by atoms with E-state index in [2.05, 4.69) is 30.9 Å². The lowest BCUT2D eigenvalue weighted by atomic mass is 10.1. The van der Waals surface area contributed by atoms with Crippen molar-refractivity contribution in [2.24, 2.45) is 0 Å². The minimum atomic E-state index is -0.122. The van der Waals surface area contributed by atoms with Crippen molar-refractivity contribution in [3.8, 4) is 0 Å². The monoisotopic (exact) mass is 484 g/mol. The van der Waals surface area contributed by atoms with Gasteiger partial charge in [-0.05, 0) is 63.6 Å². The van der Waals surface area contributed by atoms with Gasteiger partial charge in [-0.3, -0.25) is 4.79 Å². The lowest BCUT2D eigenvalue weighted by Gasteiger charge is -2.11. The van der Waals surface area contributed by atoms with Crippen molar-refractivity contribution in [2.75, 3.05) is 21.7 Å². The highest BCUT2D eigenvalue weighted by Crippen LogP contribution is 2.23. The molecule has 0 aliphatic heterocycles. The maximum absolute atomic E-state index is 12.6. The van der Waals surface area contributed by atoms with Crippen LogP contribution in [-0.4, -0.2) is 26.6 Å². The number of anilines is 5. The fraction of sp³-hybridized carbons (Fsp3) is 0.185. The third-order valence-electron chi connectivity index (χ3n) is 5.22. The largest absolute Gasteiger partial charge is 0.325 e. The highest BCUT2D eigenvalue weighted by Gasteiger charge is 2.12. The average molecular weight is 485 g/mol. The summed E-state index contributed by atoms with van der Waals surface area (Å²) in [7, 11) is 0. The molecule has 0 radical (unpaired) electrons. The fourth-order valence-electron chi connectivity index (χ4n) is 3.34. The number of nitrogens with zero attached hydrogens (tertiary/aromatic N) is 3. The zero-order valence-electron chi connectivity index (χ0n) is 20.2. The summed E-state index contributed by atoms with van der Waals surface area (Å²) in [5, 5.41) is 9.87. The standard InChI is InChI=1S/C27H28N6OS/c1-17-5-10-21(11-6-17)28-25-31-26(29-22-12-7-18(2)8-13-22)33-27(32-25)35-16-24(34)30-23-14-9-19(3)15-20(23)4/h5-15H,16H2,1-4H3,(H,30,34)(H2,28,29,31,32,33). The van der Waals surface area contributed by atoms with E-state index in [0.29, 0.717) is 17.1 Å². The summed E-state index contributed by atoms with van der Waals surface area (Å²) in [5.41, 5.74) is 7.05. The number of hydrogen-bond acceptors (Lipinski definition) is 7. The Morgan fingerprint density at radius 3 is 1.74 bits per heavy atom. The second kappa shape index (κ2) is 11.0. The van der Waals surface area contributed by atoms with E-state index in [0.717, 1.165) is 28.2 Å². The summed E-state index contributed by atoms with van der Waals surface area (Å²) < 4.78 is 0. The summed E-state index contributed by atoms with van der Waals surface area (Å²) in [4.78, 5) is 26.2. The van der Waals surface area contributed by atoms with E-state index >= 15 is 0 Å². The van der Waals surface area contributed by atoms with E-state index in [1.165, 1.54) is 22.9 Å². The van der Waals surface area contributed by atoms with Gasteiger partial charge in [0.25, 0.3) is 0 Å². The van der Waals surface area contributed by atoms with Crippen LogP contribution in [0.2, 0.25) is 0 Å². The number of aryl methyl sites for hydroxylation is 4. The first-order chi connectivity index (χ1) is 16.8. The molecule has 1 aromatic heterocycles. The molecule has 4 aromatic rings. The molecule has 0 unspecified atom stereocenters. The zero-order chi connectivity index (χ0) is 24.8. The Morgan fingerprint density at radius 1 is 0.714 bits per heavy atom. The normalized spacial score (nSPS) is 10.6. The SMILES string of the molecule is Cc1ccc(Nc2nc(Nc3ccc(C)cc3)nc(SCC(=O)Nc3ccc(C)cc3C)n2)cc1. The molecule has 0 fully saturated rings. The minimum absolute atomic E-state index is 0.122. The lowest BCUT2D eigenvalue weighted by Crippen LogP contribution is -2.15. The van der Waals surface area contributed by atoms with Crippen LogP contribution in [0.25, 0.3) is 0 Å². The highest BCUT2D eigenvalue weighted by atomic mass is 32.2. The molecule has 178 valence electrons. The van der Waals surface area contributed by atoms with E-state index in [1.54, 1.807) is 0 Å². The smallest absolute Gasteiger partial charge is 0.234 e. The molecular weight excluding hydrogens is 456 g/mol. The van der Waals surface area contributed by atoms with Crippen LogP contribution in [-0.2, 0) is 4.79 Å². The maximum atomic E-state index is 12.6. The molecule has 0 aliphatic rings. The third kappa shape index (κ3) is 7.04. The van der Waals surface area contributed by atoms with Crippen molar-refractivity contribution in [3.63, 3.8) is 0 Å². The molecule has 35 heavy (non-hydrogen) atoms. The number of aromatic nitrogens is 3. The lowest BCUT2D eigenvalue weighted by molar-refractivity contribution is -0.113. The van der Waals surface area contributed by atoms with Crippen LogP contribution < -0.4 is 16.0 Å². The molecule has 0 saturated heterocycles. The van der Waals surface area contributed by atoms with E-state index in [-0.39, 0.29) is 11.7 Å². The molecule has 0 atom stereocenters. The summed E-state index contributed by atoms with van der Waals surface area (Å²) in [6.45, 7) is 8.08. The topological polar surface area (TPSA) is 91.8 Å². The van der Waals surface area contributed by atoms with Gasteiger partial charge < -0.3 is 16.0 Å². The first kappa shape index (κ1) is 24.2. The summed E-state index contributed by atoms with van der Waals surface area (Å²) in [6.07, 6.45) is 0. The van der Waals surface area contributed by atoms with Gasteiger partial charge in [-0.1, -0.05) is 64.9 Å². The Hall–Kier alpha value is -3.91. The van der Waals surface area contributed by atoms with Gasteiger partial charge >= 0.3 is 0 Å². The first-order valence-corrected chi connectivity index (χ1v) is 12.3. The van der Waals surface area contributed by atoms with Crippen molar-refractivity contribution < 1.29 is 4.79 Å². The number of thioether (sulfide) groups is 1. The Labute approximate surface area is 209 Å². The molecule has 1 amide bonds. The molecule has 3 aromatic carbocycles. The molecular formula is C27H28N6OS. The Bertz CT molecular complexity index is 1260. The summed E-state index contributed by atoms with van der Waals surface area (Å²) in [6, 6.07) is 21.9. The van der Waals surface area contributed by atoms with Crippen molar-refractivity contribution >= 4 is 46.6 Å². The van der Waals surface area contributed by atoms with Gasteiger partial charge in [0, 0.05) is 17.1 Å². The Kier molecular flexibility index (Phi) is 7.62. The van der Waals surface area contributed by atoms with Gasteiger partial charge in [0.2, 0.25) is 17.8 Å². The molecule has 4 rings (SSSR count). The second-order valence-corrected chi connectivity index (χ2v) is 9.34. The number of rotatable bonds is 8. The van der Waals surface area contributed by atoms with Gasteiger partial charge in [-0.2, -0.15) is 15.0 Å². The van der Waals surface area contributed by atoms with Gasteiger partial charge in [-0.15, -0.1) is 0 Å². The summed E-state index contributed by atoms with van der Waals surface area (Å²) >= 11 is 1.26. The highest BCUT2D eigenvalue weighted by molar-refractivity contribution is 7.99. The van der Waals surface area contributed by atoms with E-state index in [4.69, 9.17) is 0 Å². The van der Waals surface area contributed by atoms with Gasteiger partial charge in [0.15, 0.2) is 5.16 Å². The van der Waals surface area contributed by atoms with Gasteiger partial charge in [0.05, 0.1) is 5.75 Å². The van der Waals surface area contributed by atoms with Crippen molar-refractivity contribution in [2.45, 2.75) is 32.9 Å². The van der Waals surface area contributed by atoms with Crippen LogP contribution >= 0.6 is 11.8 Å². The van der Waals surface area contributed by atoms with Crippen LogP contribution in [0.4, 0.5) is 29.0 Å². The predicted octanol–water partition coefficient (Wildman–Crippen LogP) is 6.32.